The van der Waals surface area contributed by atoms with Crippen LogP contribution < -0.4 is 4.90 Å². The van der Waals surface area contributed by atoms with Gasteiger partial charge in [0.05, 0.1) is 19.0 Å². The first kappa shape index (κ1) is 21.6. The number of hydrogen-bond acceptors (Lipinski definition) is 3. The third-order valence-corrected chi connectivity index (χ3v) is 7.67. The Bertz CT molecular complexity index is 1210. The molecule has 0 saturated carbocycles. The van der Waals surface area contributed by atoms with E-state index in [9.17, 15) is 4.79 Å². The van der Waals surface area contributed by atoms with Gasteiger partial charge in [-0.05, 0) is 70.1 Å². The van der Waals surface area contributed by atoms with Crippen molar-refractivity contribution in [3.8, 4) is 0 Å². The maximum atomic E-state index is 13.7. The van der Waals surface area contributed by atoms with Gasteiger partial charge in [-0.1, -0.05) is 49.2 Å². The highest BCUT2D eigenvalue weighted by Crippen LogP contribution is 2.39. The molecule has 0 bridgehead atoms. The number of para-hydroxylation sites is 2. The normalized spacial score (nSPS) is 21.0. The summed E-state index contributed by atoms with van der Waals surface area (Å²) in [5, 5.41) is 1.21. The topological polar surface area (TPSA) is 31.7 Å². The average Bonchev–Trinajstić information content (AvgIpc) is 3.36. The van der Waals surface area contributed by atoms with Gasteiger partial charge in [0, 0.05) is 33.8 Å². The number of piperidine rings is 2. The second-order valence-corrected chi connectivity index (χ2v) is 10.0. The third kappa shape index (κ3) is 4.08. The molecule has 2 saturated heterocycles. The molecular weight excluding hydrogens is 420 g/mol. The van der Waals surface area contributed by atoms with Crippen LogP contribution in [0.5, 0.6) is 0 Å². The van der Waals surface area contributed by atoms with Crippen molar-refractivity contribution in [2.75, 3.05) is 37.7 Å². The van der Waals surface area contributed by atoms with Crippen LogP contribution in [0.2, 0.25) is 0 Å². The summed E-state index contributed by atoms with van der Waals surface area (Å²) in [6, 6.07) is 16.9. The van der Waals surface area contributed by atoms with Gasteiger partial charge < -0.3 is 4.57 Å². The van der Waals surface area contributed by atoms with Crippen molar-refractivity contribution in [3.05, 3.63) is 65.9 Å². The van der Waals surface area contributed by atoms with Gasteiger partial charge in [0.1, 0.15) is 0 Å². The molecule has 6 rings (SSSR count). The minimum atomic E-state index is 0.125. The first-order chi connectivity index (χ1) is 16.8. The lowest BCUT2D eigenvalue weighted by atomic mass is 10.0. The van der Waals surface area contributed by atoms with Crippen LogP contribution in [-0.2, 0) is 11.5 Å². The van der Waals surface area contributed by atoms with Crippen LogP contribution in [0, 0.1) is 0 Å². The Labute approximate surface area is 202 Å². The zero-order chi connectivity index (χ0) is 22.9. The van der Waals surface area contributed by atoms with Crippen LogP contribution in [0.1, 0.15) is 49.7 Å². The highest BCUT2D eigenvalue weighted by atomic mass is 16.2. The number of fused-ring (bicyclic) bond motifs is 2. The standard InChI is InChI=1S/C29H34N4O/c34-29-26(25-12-4-6-14-28(25)33(29)22-31-17-9-2-10-18-31)19-23-20-32(21-30-15-7-1-8-16-30)27-13-5-3-11-24(23)27/h3-6,11-14,19-20H,1-2,7-10,15-18,21-22H2/b26-19-. The number of carbonyl (C=O) groups excluding carboxylic acids is 1. The van der Waals surface area contributed by atoms with Crippen LogP contribution >= 0.6 is 0 Å². The summed E-state index contributed by atoms with van der Waals surface area (Å²) in [7, 11) is 0. The highest BCUT2D eigenvalue weighted by molar-refractivity contribution is 6.36. The zero-order valence-electron chi connectivity index (χ0n) is 20.0. The van der Waals surface area contributed by atoms with Gasteiger partial charge in [-0.3, -0.25) is 19.5 Å². The van der Waals surface area contributed by atoms with Crippen molar-refractivity contribution < 1.29 is 4.79 Å². The molecule has 3 aliphatic heterocycles. The van der Waals surface area contributed by atoms with Crippen molar-refractivity contribution in [2.45, 2.75) is 45.2 Å². The zero-order valence-corrected chi connectivity index (χ0v) is 20.0. The maximum absolute atomic E-state index is 13.7. The lowest BCUT2D eigenvalue weighted by molar-refractivity contribution is -0.113. The molecule has 5 nitrogen and oxygen atoms in total. The number of carbonyl (C=O) groups is 1. The van der Waals surface area contributed by atoms with Crippen LogP contribution in [0.15, 0.2) is 54.7 Å². The molecule has 3 aromatic rings. The number of nitrogens with zero attached hydrogens (tertiary/aromatic N) is 4. The van der Waals surface area contributed by atoms with E-state index in [4.69, 9.17) is 0 Å². The average molecular weight is 455 g/mol. The van der Waals surface area contributed by atoms with E-state index >= 15 is 0 Å². The highest BCUT2D eigenvalue weighted by Gasteiger charge is 2.33. The van der Waals surface area contributed by atoms with Crippen molar-refractivity contribution in [1.82, 2.24) is 14.4 Å². The lowest BCUT2D eigenvalue weighted by Crippen LogP contribution is -2.42. The molecular formula is C29H34N4O. The molecule has 1 amide bonds. The summed E-state index contributed by atoms with van der Waals surface area (Å²) >= 11 is 0. The summed E-state index contributed by atoms with van der Waals surface area (Å²) in [6.45, 7) is 6.09. The molecule has 0 spiro atoms. The van der Waals surface area contributed by atoms with E-state index in [-0.39, 0.29) is 5.91 Å². The van der Waals surface area contributed by atoms with Crippen LogP contribution in [0.3, 0.4) is 0 Å². The molecule has 4 heterocycles. The Morgan fingerprint density at radius 1 is 0.735 bits per heavy atom. The van der Waals surface area contributed by atoms with E-state index in [1.54, 1.807) is 0 Å². The maximum Gasteiger partial charge on any atom is 0.260 e. The smallest absolute Gasteiger partial charge is 0.260 e. The van der Waals surface area contributed by atoms with Crippen LogP contribution in [0.4, 0.5) is 5.69 Å². The Balaban J connectivity index is 1.35. The van der Waals surface area contributed by atoms with Crippen LogP contribution in [0.25, 0.3) is 22.6 Å². The molecule has 0 N–H and O–H groups in total. The summed E-state index contributed by atoms with van der Waals surface area (Å²) in [5.74, 6) is 0.125. The van der Waals surface area contributed by atoms with Crippen molar-refractivity contribution in [3.63, 3.8) is 0 Å². The summed E-state index contributed by atoms with van der Waals surface area (Å²) in [5.41, 5.74) is 5.28. The van der Waals surface area contributed by atoms with E-state index in [0.29, 0.717) is 6.67 Å². The molecule has 5 heteroatoms. The fraction of sp³-hybridized carbons (Fsp3) is 0.414. The molecule has 176 valence electrons. The Morgan fingerprint density at radius 3 is 2.15 bits per heavy atom. The molecule has 0 atom stereocenters. The minimum absolute atomic E-state index is 0.125. The predicted molar refractivity (Wildman–Crippen MR) is 139 cm³/mol. The van der Waals surface area contributed by atoms with Gasteiger partial charge in [0.15, 0.2) is 0 Å². The lowest BCUT2D eigenvalue weighted by Gasteiger charge is -2.30. The number of hydrogen-bond donors (Lipinski definition) is 0. The van der Waals surface area contributed by atoms with E-state index in [1.807, 2.05) is 17.0 Å². The fourth-order valence-electron chi connectivity index (χ4n) is 5.87. The SMILES string of the molecule is O=C1/C(=C\c2cn(CN3CCCCC3)c3ccccc23)c2ccccc2N1CN1CCCCC1. The van der Waals surface area contributed by atoms with Crippen LogP contribution in [-0.4, -0.2) is 53.1 Å². The van der Waals surface area contributed by atoms with Gasteiger partial charge in [0.2, 0.25) is 0 Å². The predicted octanol–water partition coefficient (Wildman–Crippen LogP) is 5.42. The number of amides is 1. The number of anilines is 1. The number of benzene rings is 2. The van der Waals surface area contributed by atoms with E-state index in [0.717, 1.165) is 42.1 Å². The van der Waals surface area contributed by atoms with E-state index < -0.39 is 0 Å². The van der Waals surface area contributed by atoms with E-state index in [1.165, 1.54) is 62.5 Å². The first-order valence-electron chi connectivity index (χ1n) is 12.9. The molecule has 34 heavy (non-hydrogen) atoms. The van der Waals surface area contributed by atoms with Gasteiger partial charge in [0.25, 0.3) is 5.91 Å². The van der Waals surface area contributed by atoms with Gasteiger partial charge in [-0.25, -0.2) is 0 Å². The second-order valence-electron chi connectivity index (χ2n) is 10.0. The Morgan fingerprint density at radius 2 is 1.38 bits per heavy atom. The molecule has 1 aromatic heterocycles. The second kappa shape index (κ2) is 9.40. The van der Waals surface area contributed by atoms with E-state index in [2.05, 4.69) is 63.0 Å². The van der Waals surface area contributed by atoms with Crippen molar-refractivity contribution >= 4 is 34.1 Å². The Kier molecular flexibility index (Phi) is 5.98. The quantitative estimate of drug-likeness (QED) is 0.483. The largest absolute Gasteiger partial charge is 0.333 e. The van der Waals surface area contributed by atoms with Crippen molar-refractivity contribution in [2.24, 2.45) is 0 Å². The fourth-order valence-corrected chi connectivity index (χ4v) is 5.87. The first-order valence-corrected chi connectivity index (χ1v) is 12.9. The molecule has 2 fully saturated rings. The monoisotopic (exact) mass is 454 g/mol. The minimum Gasteiger partial charge on any atom is -0.333 e. The molecule has 3 aliphatic rings. The molecule has 0 aliphatic carbocycles. The summed E-state index contributed by atoms with van der Waals surface area (Å²) in [4.78, 5) is 20.7. The third-order valence-electron chi connectivity index (χ3n) is 7.67. The van der Waals surface area contributed by atoms with Gasteiger partial charge in [-0.2, -0.15) is 0 Å². The Hall–Kier alpha value is -2.89. The molecule has 0 radical (unpaired) electrons. The number of rotatable bonds is 5. The summed E-state index contributed by atoms with van der Waals surface area (Å²) < 4.78 is 2.36. The van der Waals surface area contributed by atoms with Gasteiger partial charge >= 0.3 is 0 Å². The number of aromatic nitrogens is 1. The molecule has 0 unspecified atom stereocenters. The summed E-state index contributed by atoms with van der Waals surface area (Å²) in [6.07, 6.45) is 12.0. The van der Waals surface area contributed by atoms with Crippen molar-refractivity contribution in [1.29, 1.82) is 0 Å². The van der Waals surface area contributed by atoms with Gasteiger partial charge in [-0.15, -0.1) is 0 Å². The molecule has 2 aromatic carbocycles. The number of likely N-dealkylation sites (tertiary alicyclic amines) is 2.